The van der Waals surface area contributed by atoms with Crippen LogP contribution in [0.5, 0.6) is 0 Å². The second-order valence-corrected chi connectivity index (χ2v) is 13.5. The molecule has 44 heavy (non-hydrogen) atoms. The summed E-state index contributed by atoms with van der Waals surface area (Å²) in [6.45, 7) is 0. The van der Waals surface area contributed by atoms with Gasteiger partial charge in [-0.15, -0.1) is 23.1 Å². The number of nitrogens with one attached hydrogen (secondary N) is 1. The lowest BCUT2D eigenvalue weighted by Gasteiger charge is -2.49. The summed E-state index contributed by atoms with van der Waals surface area (Å²) in [5.41, 5.74) is 2.44. The maximum absolute atomic E-state index is 14.2. The molecule has 0 radical (unpaired) electrons. The highest BCUT2D eigenvalue weighted by atomic mass is 32.2. The van der Waals surface area contributed by atoms with Crippen molar-refractivity contribution in [2.24, 2.45) is 4.99 Å². The van der Waals surface area contributed by atoms with E-state index in [2.05, 4.69) is 15.3 Å². The van der Waals surface area contributed by atoms with Gasteiger partial charge >= 0.3 is 5.97 Å². The number of thiazole rings is 1. The van der Waals surface area contributed by atoms with E-state index in [4.69, 9.17) is 4.74 Å². The number of thiophene rings is 1. The van der Waals surface area contributed by atoms with Gasteiger partial charge in [-0.05, 0) is 22.6 Å². The van der Waals surface area contributed by atoms with Crippen molar-refractivity contribution in [1.82, 2.24) is 20.1 Å². The van der Waals surface area contributed by atoms with Gasteiger partial charge in [0, 0.05) is 36.5 Å². The molecule has 6 rings (SSSR count). The number of fused-ring (bicyclic) bond motifs is 1. The lowest BCUT2D eigenvalue weighted by Crippen LogP contribution is -2.70. The number of hydrogen-bond donors (Lipinski definition) is 1. The van der Waals surface area contributed by atoms with Gasteiger partial charge in [0.1, 0.15) is 17.1 Å². The van der Waals surface area contributed by atoms with Gasteiger partial charge in [-0.1, -0.05) is 78.1 Å². The van der Waals surface area contributed by atoms with E-state index >= 15 is 0 Å². The van der Waals surface area contributed by atoms with Gasteiger partial charge in [0.25, 0.3) is 5.91 Å². The van der Waals surface area contributed by atoms with Crippen LogP contribution in [0.4, 0.5) is 5.13 Å². The van der Waals surface area contributed by atoms with E-state index in [0.29, 0.717) is 16.5 Å². The van der Waals surface area contributed by atoms with Crippen LogP contribution in [0.2, 0.25) is 0 Å². The summed E-state index contributed by atoms with van der Waals surface area (Å²) in [6.07, 6.45) is 2.84. The van der Waals surface area contributed by atoms with Crippen LogP contribution in [0.15, 0.2) is 95.1 Å². The van der Waals surface area contributed by atoms with E-state index in [1.165, 1.54) is 39.3 Å². The molecule has 0 aliphatic carbocycles. The van der Waals surface area contributed by atoms with E-state index in [1.54, 1.807) is 12.5 Å². The summed E-state index contributed by atoms with van der Waals surface area (Å²) in [5, 5.41) is 4.89. The van der Waals surface area contributed by atoms with Crippen LogP contribution >= 0.6 is 34.4 Å². The number of carbonyl (C=O) groups is 3. The second-order valence-electron chi connectivity index (χ2n) is 10.4. The number of hydrogen-bond acceptors (Lipinski definition) is 9. The van der Waals surface area contributed by atoms with Gasteiger partial charge < -0.3 is 15.0 Å². The lowest BCUT2D eigenvalue weighted by molar-refractivity contribution is -0.154. The zero-order chi connectivity index (χ0) is 30.6. The quantitative estimate of drug-likeness (QED) is 0.111. The first-order valence-corrected chi connectivity index (χ1v) is 16.6. The maximum Gasteiger partial charge on any atom is 0.356 e. The van der Waals surface area contributed by atoms with Crippen molar-refractivity contribution in [2.75, 3.05) is 19.8 Å². The molecule has 2 unspecified atom stereocenters. The molecule has 224 valence electrons. The third kappa shape index (κ3) is 6.33. The van der Waals surface area contributed by atoms with Crippen LogP contribution in [-0.2, 0) is 25.5 Å². The van der Waals surface area contributed by atoms with Crippen molar-refractivity contribution in [3.63, 3.8) is 0 Å². The highest BCUT2D eigenvalue weighted by molar-refractivity contribution is 8.00. The van der Waals surface area contributed by atoms with Crippen LogP contribution in [0.25, 0.3) is 5.57 Å². The standard InChI is InChI=1S/C32H29N5O4S3/c1-36(2)19-34-32-33-17-24(44-32)23-18-43-30-26(35-25(38)16-22-14-9-15-42-22)29(39)37(30)27(23)31(40)41-28(20-10-5-3-6-11-20)21-12-7-4-8-13-21/h3-15,17,19,26,28,30H,16,18H2,1-2H3,(H,35,38)/b34-19+. The molecule has 2 aliphatic heterocycles. The Balaban J connectivity index is 1.33. The number of aliphatic imine (C=N–C) groups is 1. The van der Waals surface area contributed by atoms with E-state index in [0.717, 1.165) is 20.9 Å². The molecule has 4 aromatic rings. The summed E-state index contributed by atoms with van der Waals surface area (Å²) in [7, 11) is 3.74. The smallest absolute Gasteiger partial charge is 0.356 e. The monoisotopic (exact) mass is 643 g/mol. The predicted molar refractivity (Wildman–Crippen MR) is 175 cm³/mol. The molecule has 2 atom stereocenters. The summed E-state index contributed by atoms with van der Waals surface area (Å²) in [4.78, 5) is 54.4. The number of aromatic nitrogens is 1. The number of amides is 2. The highest BCUT2D eigenvalue weighted by Crippen LogP contribution is 2.45. The molecule has 0 bridgehead atoms. The number of rotatable bonds is 10. The Labute approximate surface area is 267 Å². The molecule has 2 aromatic carbocycles. The second kappa shape index (κ2) is 13.2. The Bertz CT molecular complexity index is 1660. The van der Waals surface area contributed by atoms with Crippen molar-refractivity contribution in [1.29, 1.82) is 0 Å². The van der Waals surface area contributed by atoms with Gasteiger partial charge in [-0.3, -0.25) is 14.5 Å². The fourth-order valence-corrected chi connectivity index (χ4v) is 7.93. The van der Waals surface area contributed by atoms with Crippen LogP contribution in [-0.4, -0.2) is 70.2 Å². The maximum atomic E-state index is 14.2. The zero-order valence-corrected chi connectivity index (χ0v) is 26.4. The molecule has 9 nitrogen and oxygen atoms in total. The molecule has 4 heterocycles. The Morgan fingerprint density at radius 3 is 2.43 bits per heavy atom. The normalized spacial score (nSPS) is 17.9. The molecule has 2 aromatic heterocycles. The van der Waals surface area contributed by atoms with Gasteiger partial charge in [-0.2, -0.15) is 0 Å². The van der Waals surface area contributed by atoms with Crippen molar-refractivity contribution < 1.29 is 19.1 Å². The van der Waals surface area contributed by atoms with E-state index < -0.39 is 23.5 Å². The third-order valence-corrected chi connectivity index (χ3v) is 10.1. The van der Waals surface area contributed by atoms with Gasteiger partial charge in [0.2, 0.25) is 11.0 Å². The van der Waals surface area contributed by atoms with Gasteiger partial charge in [0.05, 0.1) is 17.6 Å². The van der Waals surface area contributed by atoms with Crippen molar-refractivity contribution >= 4 is 69.3 Å². The Morgan fingerprint density at radius 1 is 1.09 bits per heavy atom. The number of nitrogens with zero attached hydrogens (tertiary/aromatic N) is 4. The predicted octanol–water partition coefficient (Wildman–Crippen LogP) is 5.11. The molecular weight excluding hydrogens is 615 g/mol. The zero-order valence-electron chi connectivity index (χ0n) is 24.0. The summed E-state index contributed by atoms with van der Waals surface area (Å²) < 4.78 is 6.25. The minimum atomic E-state index is -0.738. The summed E-state index contributed by atoms with van der Waals surface area (Å²) >= 11 is 4.32. The van der Waals surface area contributed by atoms with E-state index in [1.807, 2.05) is 97.2 Å². The van der Waals surface area contributed by atoms with E-state index in [-0.39, 0.29) is 23.9 Å². The van der Waals surface area contributed by atoms with Crippen molar-refractivity contribution in [2.45, 2.75) is 23.9 Å². The van der Waals surface area contributed by atoms with Crippen LogP contribution in [0.3, 0.4) is 0 Å². The van der Waals surface area contributed by atoms with Crippen LogP contribution < -0.4 is 5.32 Å². The molecular formula is C32H29N5O4S3. The highest BCUT2D eigenvalue weighted by Gasteiger charge is 2.55. The molecule has 1 fully saturated rings. The SMILES string of the molecule is CN(C)/C=N/c1ncc(C2=C(C(=O)OC(c3ccccc3)c3ccccc3)N3C(=O)C(NC(=O)Cc4cccs4)C3SC2)s1. The molecule has 1 N–H and O–H groups in total. The average Bonchev–Trinajstić information content (AvgIpc) is 3.74. The van der Waals surface area contributed by atoms with Crippen molar-refractivity contribution in [3.8, 4) is 0 Å². The molecule has 2 amide bonds. The molecule has 2 aliphatic rings. The Kier molecular flexibility index (Phi) is 8.91. The first kappa shape index (κ1) is 29.8. The minimum absolute atomic E-state index is 0.172. The van der Waals surface area contributed by atoms with Gasteiger partial charge in [0.15, 0.2) is 6.10 Å². The van der Waals surface area contributed by atoms with E-state index in [9.17, 15) is 14.4 Å². The van der Waals surface area contributed by atoms with Gasteiger partial charge in [-0.25, -0.2) is 14.8 Å². The number of carbonyl (C=O) groups excluding carboxylic acids is 3. The largest absolute Gasteiger partial charge is 0.448 e. The Hall–Kier alpha value is -4.26. The molecule has 0 saturated carbocycles. The summed E-state index contributed by atoms with van der Waals surface area (Å²) in [6, 6.07) is 22.1. The van der Waals surface area contributed by atoms with Crippen molar-refractivity contribution in [3.05, 3.63) is 111 Å². The van der Waals surface area contributed by atoms with Crippen LogP contribution in [0, 0.1) is 0 Å². The van der Waals surface area contributed by atoms with Crippen LogP contribution in [0.1, 0.15) is 27.0 Å². The molecule has 1 saturated heterocycles. The fraction of sp³-hybridized carbons (Fsp3) is 0.219. The average molecular weight is 644 g/mol. The third-order valence-electron chi connectivity index (χ3n) is 7.01. The number of β-lactam (4-membered cyclic amide) rings is 1. The number of ether oxygens (including phenoxy) is 1. The minimum Gasteiger partial charge on any atom is -0.448 e. The number of esters is 1. The number of thioether (sulfide) groups is 1. The first-order chi connectivity index (χ1) is 21.4. The topological polar surface area (TPSA) is 104 Å². The lowest BCUT2D eigenvalue weighted by atomic mass is 10.0. The summed E-state index contributed by atoms with van der Waals surface area (Å²) in [5.74, 6) is -0.774. The fourth-order valence-electron chi connectivity index (χ4n) is 4.97. The first-order valence-electron chi connectivity index (χ1n) is 13.9. The molecule has 12 heteroatoms. The Morgan fingerprint density at radius 2 is 1.80 bits per heavy atom. The molecule has 0 spiro atoms. The number of benzene rings is 2.